The van der Waals surface area contributed by atoms with E-state index in [-0.39, 0.29) is 32.9 Å². The molecule has 0 amide bonds. The molecule has 3 heterocycles. The monoisotopic (exact) mass is 676 g/mol. The standard InChI is InChI=1S/C34H32Cl3FN8/c1-34(2,3)45-13-11-23(12-14-45)46-19-28(43-44-46)32(20-7-5-4-6-8-20)42-27-16-22(35)15-24-31(21(17-39)18-40-33(24)27)41-26-10-9-25(36)29(37)30(26)38/h4-10,15-16,18-19,23,32,42H,11-14H2,1-3H3,(H,40,41)/t32-/m0/s1. The molecule has 1 atom stereocenters. The van der Waals surface area contributed by atoms with E-state index >= 15 is 4.39 Å². The molecular formula is C34H32Cl3FN8. The fraction of sp³-hybridized carbons (Fsp3) is 0.294. The molecule has 1 fully saturated rings. The van der Waals surface area contributed by atoms with Crippen LogP contribution in [0.25, 0.3) is 10.9 Å². The van der Waals surface area contributed by atoms with Crippen molar-refractivity contribution in [2.24, 2.45) is 0 Å². The van der Waals surface area contributed by atoms with Gasteiger partial charge in [-0.15, -0.1) is 5.10 Å². The van der Waals surface area contributed by atoms with E-state index in [1.807, 2.05) is 41.2 Å². The summed E-state index contributed by atoms with van der Waals surface area (Å²) in [6.45, 7) is 8.74. The molecule has 0 bridgehead atoms. The van der Waals surface area contributed by atoms with Gasteiger partial charge in [-0.3, -0.25) is 9.88 Å². The minimum Gasteiger partial charge on any atom is -0.371 e. The van der Waals surface area contributed by atoms with E-state index in [0.717, 1.165) is 37.2 Å². The topological polar surface area (TPSA) is 94.7 Å². The number of nitrogens with one attached hydrogen (secondary N) is 2. The summed E-state index contributed by atoms with van der Waals surface area (Å²) in [6, 6.07) is 18.3. The highest BCUT2D eigenvalue weighted by Gasteiger charge is 2.29. The van der Waals surface area contributed by atoms with Crippen molar-refractivity contribution < 1.29 is 4.39 Å². The number of aromatic nitrogens is 4. The van der Waals surface area contributed by atoms with Gasteiger partial charge in [0.15, 0.2) is 5.82 Å². The summed E-state index contributed by atoms with van der Waals surface area (Å²) in [4.78, 5) is 7.13. The molecule has 46 heavy (non-hydrogen) atoms. The molecule has 0 radical (unpaired) electrons. The summed E-state index contributed by atoms with van der Waals surface area (Å²) in [5.74, 6) is -0.736. The number of pyridine rings is 1. The predicted molar refractivity (Wildman–Crippen MR) is 183 cm³/mol. The molecule has 0 unspecified atom stereocenters. The fourth-order valence-electron chi connectivity index (χ4n) is 5.89. The van der Waals surface area contributed by atoms with Crippen molar-refractivity contribution in [1.29, 1.82) is 5.26 Å². The van der Waals surface area contributed by atoms with Gasteiger partial charge in [-0.2, -0.15) is 5.26 Å². The first kappa shape index (κ1) is 32.0. The second kappa shape index (κ2) is 13.0. The second-order valence-electron chi connectivity index (χ2n) is 12.4. The highest BCUT2D eigenvalue weighted by molar-refractivity contribution is 6.42. The molecule has 2 N–H and O–H groups in total. The highest BCUT2D eigenvalue weighted by atomic mass is 35.5. The average molecular weight is 678 g/mol. The van der Waals surface area contributed by atoms with Crippen LogP contribution in [0.4, 0.5) is 21.5 Å². The quantitative estimate of drug-likeness (QED) is 0.166. The molecule has 0 saturated carbocycles. The SMILES string of the molecule is CC(C)(C)N1CCC(n2cc([C@@H](Nc3cc(Cl)cc4c(Nc5ccc(Cl)c(Cl)c5F)c(C#N)cnc34)c3ccccc3)nn2)CC1. The smallest absolute Gasteiger partial charge is 0.166 e. The van der Waals surface area contributed by atoms with E-state index in [2.05, 4.69) is 57.7 Å². The Balaban J connectivity index is 1.38. The fourth-order valence-corrected chi connectivity index (χ4v) is 6.41. The summed E-state index contributed by atoms with van der Waals surface area (Å²) in [7, 11) is 0. The second-order valence-corrected chi connectivity index (χ2v) is 13.6. The third kappa shape index (κ3) is 6.49. The normalized spacial score (nSPS) is 15.1. The van der Waals surface area contributed by atoms with E-state index in [4.69, 9.17) is 34.8 Å². The lowest BCUT2D eigenvalue weighted by Crippen LogP contribution is -2.46. The zero-order chi connectivity index (χ0) is 32.6. The Morgan fingerprint density at radius 1 is 1.02 bits per heavy atom. The minimum absolute atomic E-state index is 0.0556. The number of nitrogens with zero attached hydrogens (tertiary/aromatic N) is 6. The van der Waals surface area contributed by atoms with Crippen LogP contribution < -0.4 is 10.6 Å². The van der Waals surface area contributed by atoms with E-state index in [9.17, 15) is 5.26 Å². The van der Waals surface area contributed by atoms with Crippen molar-refractivity contribution in [2.45, 2.75) is 51.2 Å². The van der Waals surface area contributed by atoms with Gasteiger partial charge in [0.2, 0.25) is 0 Å². The largest absolute Gasteiger partial charge is 0.371 e. The number of hydrogen-bond acceptors (Lipinski definition) is 7. The molecule has 8 nitrogen and oxygen atoms in total. The Hall–Kier alpha value is -3.94. The van der Waals surface area contributed by atoms with Gasteiger partial charge >= 0.3 is 0 Å². The zero-order valence-corrected chi connectivity index (χ0v) is 27.8. The number of halogens is 4. The van der Waals surface area contributed by atoms with Gasteiger partial charge in [0.1, 0.15) is 11.8 Å². The van der Waals surface area contributed by atoms with E-state index in [0.29, 0.717) is 27.3 Å². The molecule has 1 aliphatic heterocycles. The summed E-state index contributed by atoms with van der Waals surface area (Å²) in [6.07, 6.45) is 5.43. The molecule has 0 spiro atoms. The minimum atomic E-state index is -0.736. The Morgan fingerprint density at radius 3 is 2.46 bits per heavy atom. The molecule has 1 saturated heterocycles. The average Bonchev–Trinajstić information content (AvgIpc) is 3.54. The molecule has 6 rings (SSSR count). The van der Waals surface area contributed by atoms with Crippen LogP contribution in [0, 0.1) is 17.1 Å². The van der Waals surface area contributed by atoms with E-state index in [1.54, 1.807) is 12.1 Å². The maximum absolute atomic E-state index is 15.1. The number of fused-ring (bicyclic) bond motifs is 1. The molecule has 5 aromatic rings. The van der Waals surface area contributed by atoms with Crippen LogP contribution in [0.5, 0.6) is 0 Å². The van der Waals surface area contributed by atoms with E-state index < -0.39 is 11.9 Å². The molecular weight excluding hydrogens is 646 g/mol. The molecule has 12 heteroatoms. The lowest BCUT2D eigenvalue weighted by atomic mass is 9.98. The number of piperidine rings is 1. The van der Waals surface area contributed by atoms with Crippen molar-refractivity contribution in [3.05, 3.63) is 105 Å². The molecule has 0 aliphatic carbocycles. The predicted octanol–water partition coefficient (Wildman–Crippen LogP) is 9.18. The summed E-state index contributed by atoms with van der Waals surface area (Å²) in [5, 5.41) is 26.5. The molecule has 236 valence electrons. The van der Waals surface area contributed by atoms with Gasteiger partial charge in [-0.25, -0.2) is 9.07 Å². The molecule has 2 aromatic heterocycles. The van der Waals surface area contributed by atoms with Crippen LogP contribution in [-0.2, 0) is 0 Å². The number of nitriles is 1. The third-order valence-electron chi connectivity index (χ3n) is 8.40. The summed E-state index contributed by atoms with van der Waals surface area (Å²) >= 11 is 18.7. The Bertz CT molecular complexity index is 1930. The zero-order valence-electron chi connectivity index (χ0n) is 25.5. The highest BCUT2D eigenvalue weighted by Crippen LogP contribution is 2.39. The first-order valence-corrected chi connectivity index (χ1v) is 16.1. The van der Waals surface area contributed by atoms with Crippen LogP contribution in [0.1, 0.15) is 62.5 Å². The number of rotatable bonds is 7. The maximum Gasteiger partial charge on any atom is 0.166 e. The van der Waals surface area contributed by atoms with Crippen LogP contribution >= 0.6 is 34.8 Å². The summed E-state index contributed by atoms with van der Waals surface area (Å²) in [5.41, 5.74) is 3.55. The molecule has 3 aromatic carbocycles. The van der Waals surface area contributed by atoms with E-state index in [1.165, 1.54) is 18.3 Å². The van der Waals surface area contributed by atoms with Crippen LogP contribution in [-0.4, -0.2) is 43.5 Å². The van der Waals surface area contributed by atoms with Crippen LogP contribution in [0.3, 0.4) is 0 Å². The van der Waals surface area contributed by atoms with Crippen molar-refractivity contribution in [3.63, 3.8) is 0 Å². The van der Waals surface area contributed by atoms with Crippen LogP contribution in [0.15, 0.2) is 67.0 Å². The lowest BCUT2D eigenvalue weighted by molar-refractivity contribution is 0.0866. The number of hydrogen-bond donors (Lipinski definition) is 2. The Kier molecular flexibility index (Phi) is 9.08. The number of anilines is 3. The Morgan fingerprint density at radius 2 is 1.76 bits per heavy atom. The summed E-state index contributed by atoms with van der Waals surface area (Å²) < 4.78 is 17.0. The van der Waals surface area contributed by atoms with Gasteiger partial charge in [0, 0.05) is 35.2 Å². The van der Waals surface area contributed by atoms with Crippen LogP contribution in [0.2, 0.25) is 15.1 Å². The third-order valence-corrected chi connectivity index (χ3v) is 9.39. The van der Waals surface area contributed by atoms with Crippen molar-refractivity contribution >= 4 is 62.8 Å². The number of benzene rings is 3. The van der Waals surface area contributed by atoms with Crippen molar-refractivity contribution in [3.8, 4) is 6.07 Å². The number of likely N-dealkylation sites (tertiary alicyclic amines) is 1. The van der Waals surface area contributed by atoms with Crippen molar-refractivity contribution in [1.82, 2.24) is 24.9 Å². The first-order valence-electron chi connectivity index (χ1n) is 14.9. The first-order chi connectivity index (χ1) is 22.0. The lowest BCUT2D eigenvalue weighted by Gasteiger charge is -2.40. The molecule has 1 aliphatic rings. The van der Waals surface area contributed by atoms with Gasteiger partial charge < -0.3 is 10.6 Å². The Labute approximate surface area is 282 Å². The van der Waals surface area contributed by atoms with Gasteiger partial charge in [0.25, 0.3) is 0 Å². The van der Waals surface area contributed by atoms with Gasteiger partial charge in [-0.1, -0.05) is 70.3 Å². The van der Waals surface area contributed by atoms with Gasteiger partial charge in [0.05, 0.1) is 56.5 Å². The maximum atomic E-state index is 15.1. The van der Waals surface area contributed by atoms with Crippen molar-refractivity contribution in [2.75, 3.05) is 23.7 Å². The van der Waals surface area contributed by atoms with Gasteiger partial charge in [-0.05, 0) is 63.4 Å².